The molecule has 0 unspecified atom stereocenters. The summed E-state index contributed by atoms with van der Waals surface area (Å²) in [4.78, 5) is 21.8. The molecular formula is C12H12ClN3O5. The lowest BCUT2D eigenvalue weighted by Gasteiger charge is -2.03. The summed E-state index contributed by atoms with van der Waals surface area (Å²) in [5, 5.41) is 27.5. The van der Waals surface area contributed by atoms with Crippen molar-refractivity contribution in [1.29, 1.82) is 0 Å². The number of nitrogens with zero attached hydrogens (tertiary/aromatic N) is 3. The average molecular weight is 314 g/mol. The van der Waals surface area contributed by atoms with Crippen LogP contribution in [-0.2, 0) is 9.53 Å². The molecule has 0 aliphatic carbocycles. The molecule has 0 atom stereocenters. The number of hydrogen-bond acceptors (Lipinski definition) is 7. The highest BCUT2D eigenvalue weighted by atomic mass is 35.5. The minimum absolute atomic E-state index is 0.0633. The predicted octanol–water partition coefficient (Wildman–Crippen LogP) is 3.25. The second-order valence-electron chi connectivity index (χ2n) is 3.60. The molecule has 0 aromatic heterocycles. The molecule has 1 aromatic carbocycles. The first-order valence-electron chi connectivity index (χ1n) is 5.81. The van der Waals surface area contributed by atoms with Crippen LogP contribution in [-0.4, -0.2) is 28.5 Å². The number of alkyl halides is 1. The molecule has 0 bridgehead atoms. The van der Waals surface area contributed by atoms with Crippen molar-refractivity contribution in [3.63, 3.8) is 0 Å². The Morgan fingerprint density at radius 3 is 2.71 bits per heavy atom. The van der Waals surface area contributed by atoms with E-state index in [-0.39, 0.29) is 23.9 Å². The second-order valence-corrected chi connectivity index (χ2v) is 3.86. The maximum Gasteiger partial charge on any atom is 0.362 e. The average Bonchev–Trinajstić information content (AvgIpc) is 2.47. The Labute approximate surface area is 124 Å². The fourth-order valence-electron chi connectivity index (χ4n) is 1.29. The van der Waals surface area contributed by atoms with Gasteiger partial charge < -0.3 is 9.84 Å². The van der Waals surface area contributed by atoms with E-state index in [1.54, 1.807) is 6.92 Å². The van der Waals surface area contributed by atoms with Crippen LogP contribution in [0.3, 0.4) is 0 Å². The van der Waals surface area contributed by atoms with Crippen molar-refractivity contribution in [3.8, 4) is 0 Å². The van der Waals surface area contributed by atoms with Gasteiger partial charge in [0.15, 0.2) is 5.69 Å². The number of benzene rings is 1. The van der Waals surface area contributed by atoms with Gasteiger partial charge in [0.2, 0.25) is 5.70 Å². The fraction of sp³-hybridized carbons (Fsp3) is 0.250. The first-order chi connectivity index (χ1) is 10.0. The molecule has 0 amide bonds. The monoisotopic (exact) mass is 313 g/mol. The van der Waals surface area contributed by atoms with Crippen molar-refractivity contribution in [2.75, 3.05) is 12.5 Å². The van der Waals surface area contributed by atoms with Crippen LogP contribution < -0.4 is 0 Å². The van der Waals surface area contributed by atoms with Gasteiger partial charge in [-0.15, -0.1) is 21.8 Å². The number of hydrogen-bond donors (Lipinski definition) is 1. The number of rotatable bonds is 6. The third-order valence-corrected chi connectivity index (χ3v) is 2.46. The Balaban J connectivity index is 3.16. The number of halogens is 1. The van der Waals surface area contributed by atoms with E-state index < -0.39 is 22.3 Å². The number of nitro benzene ring substituents is 1. The normalized spacial score (nSPS) is 12.1. The van der Waals surface area contributed by atoms with E-state index in [0.717, 1.165) is 0 Å². The number of aliphatic hydroxyl groups is 1. The van der Waals surface area contributed by atoms with Gasteiger partial charge in [-0.25, -0.2) is 4.79 Å². The molecule has 8 nitrogen and oxygen atoms in total. The fourth-order valence-corrected chi connectivity index (χ4v) is 1.41. The van der Waals surface area contributed by atoms with Crippen LogP contribution in [0, 0.1) is 10.1 Å². The molecule has 1 rings (SSSR count). The minimum atomic E-state index is -0.919. The quantitative estimate of drug-likeness (QED) is 0.165. The predicted molar refractivity (Wildman–Crippen MR) is 74.6 cm³/mol. The minimum Gasteiger partial charge on any atom is -0.508 e. The zero-order valence-electron chi connectivity index (χ0n) is 11.0. The van der Waals surface area contributed by atoms with Gasteiger partial charge in [0, 0.05) is 6.07 Å². The molecule has 0 fully saturated rings. The first kappa shape index (κ1) is 16.6. The molecular weight excluding hydrogens is 302 g/mol. The topological polar surface area (TPSA) is 114 Å². The van der Waals surface area contributed by atoms with Crippen molar-refractivity contribution in [3.05, 3.63) is 45.8 Å². The molecule has 0 heterocycles. The number of aliphatic hydroxyl groups excluding tert-OH is 1. The van der Waals surface area contributed by atoms with Crippen molar-refractivity contribution < 1.29 is 19.6 Å². The third kappa shape index (κ3) is 4.53. The Hall–Kier alpha value is -2.48. The molecule has 0 radical (unpaired) electrons. The molecule has 112 valence electrons. The lowest BCUT2D eigenvalue weighted by atomic mass is 10.3. The number of esters is 1. The molecule has 0 aliphatic heterocycles. The largest absolute Gasteiger partial charge is 0.508 e. The Bertz CT molecular complexity index is 600. The summed E-state index contributed by atoms with van der Waals surface area (Å²) in [6.45, 7) is 1.64. The van der Waals surface area contributed by atoms with E-state index in [1.165, 1.54) is 24.3 Å². The highest BCUT2D eigenvalue weighted by molar-refractivity contribution is 6.19. The summed E-state index contributed by atoms with van der Waals surface area (Å²) in [7, 11) is 0. The summed E-state index contributed by atoms with van der Waals surface area (Å²) in [6.07, 6.45) is 0. The molecule has 0 saturated carbocycles. The van der Waals surface area contributed by atoms with Crippen LogP contribution in [0.15, 0.2) is 46.0 Å². The van der Waals surface area contributed by atoms with E-state index in [0.29, 0.717) is 0 Å². The number of nitro groups is 1. The summed E-state index contributed by atoms with van der Waals surface area (Å²) in [5.41, 5.74) is -0.841. The van der Waals surface area contributed by atoms with E-state index in [1.807, 2.05) is 0 Å². The van der Waals surface area contributed by atoms with Crippen LogP contribution in [0.1, 0.15) is 6.92 Å². The van der Waals surface area contributed by atoms with Gasteiger partial charge in [-0.2, -0.15) is 0 Å². The number of azo groups is 1. The van der Waals surface area contributed by atoms with Gasteiger partial charge in [-0.3, -0.25) is 10.1 Å². The Kier molecular flexibility index (Phi) is 6.28. The molecule has 21 heavy (non-hydrogen) atoms. The maximum absolute atomic E-state index is 11.6. The smallest absolute Gasteiger partial charge is 0.362 e. The Morgan fingerprint density at radius 2 is 2.14 bits per heavy atom. The first-order valence-corrected chi connectivity index (χ1v) is 6.35. The summed E-state index contributed by atoms with van der Waals surface area (Å²) >= 11 is 5.43. The zero-order chi connectivity index (χ0) is 15.8. The Morgan fingerprint density at radius 1 is 1.48 bits per heavy atom. The molecule has 1 aromatic rings. The van der Waals surface area contributed by atoms with Gasteiger partial charge in [-0.1, -0.05) is 12.1 Å². The third-order valence-electron chi connectivity index (χ3n) is 2.20. The van der Waals surface area contributed by atoms with Crippen molar-refractivity contribution >= 4 is 28.9 Å². The SMILES string of the molecule is CCOC(=O)/C(N=Nc1ccccc1[N+](=O)[O-])=C(\O)CCl. The van der Waals surface area contributed by atoms with E-state index in [9.17, 15) is 20.0 Å². The zero-order valence-corrected chi connectivity index (χ0v) is 11.8. The van der Waals surface area contributed by atoms with Crippen LogP contribution >= 0.6 is 11.6 Å². The van der Waals surface area contributed by atoms with Crippen LogP contribution in [0.5, 0.6) is 0 Å². The molecule has 9 heteroatoms. The summed E-state index contributed by atoms with van der Waals surface area (Å²) in [6, 6.07) is 5.58. The number of allylic oxidation sites excluding steroid dienone is 1. The van der Waals surface area contributed by atoms with Crippen LogP contribution in [0.2, 0.25) is 0 Å². The number of ether oxygens (including phenoxy) is 1. The molecule has 0 saturated heterocycles. The standard InChI is InChI=1S/C12H12ClN3O5/c1-2-21-12(18)11(10(17)7-13)15-14-8-5-3-4-6-9(8)16(19)20/h3-6,17H,2,7H2,1H3/b11-10+,15-14?. The molecule has 1 N–H and O–H groups in total. The van der Waals surface area contributed by atoms with Crippen molar-refractivity contribution in [1.82, 2.24) is 0 Å². The van der Waals surface area contributed by atoms with Gasteiger partial charge in [0.25, 0.3) is 5.69 Å². The lowest BCUT2D eigenvalue weighted by Crippen LogP contribution is -2.09. The van der Waals surface area contributed by atoms with Crippen molar-refractivity contribution in [2.24, 2.45) is 10.2 Å². The van der Waals surface area contributed by atoms with Gasteiger partial charge >= 0.3 is 5.97 Å². The highest BCUT2D eigenvalue weighted by Gasteiger charge is 2.17. The van der Waals surface area contributed by atoms with Crippen molar-refractivity contribution in [2.45, 2.75) is 6.92 Å². The second kappa shape index (κ2) is 7.95. The maximum atomic E-state index is 11.6. The van der Waals surface area contributed by atoms with Gasteiger partial charge in [0.05, 0.1) is 17.4 Å². The van der Waals surface area contributed by atoms with E-state index in [2.05, 4.69) is 10.2 Å². The van der Waals surface area contributed by atoms with Gasteiger partial charge in [0.1, 0.15) is 5.76 Å². The summed E-state index contributed by atoms with van der Waals surface area (Å²) < 4.78 is 4.69. The lowest BCUT2D eigenvalue weighted by molar-refractivity contribution is -0.384. The van der Waals surface area contributed by atoms with E-state index >= 15 is 0 Å². The number of carbonyl (C=O) groups is 1. The molecule has 0 spiro atoms. The van der Waals surface area contributed by atoms with Crippen LogP contribution in [0.25, 0.3) is 0 Å². The van der Waals surface area contributed by atoms with Crippen LogP contribution in [0.4, 0.5) is 11.4 Å². The van der Waals surface area contributed by atoms with Gasteiger partial charge in [-0.05, 0) is 13.0 Å². The number of para-hydroxylation sites is 1. The molecule has 0 aliphatic rings. The van der Waals surface area contributed by atoms with E-state index in [4.69, 9.17) is 16.3 Å². The highest BCUT2D eigenvalue weighted by Crippen LogP contribution is 2.27. The summed E-state index contributed by atoms with van der Waals surface area (Å²) in [5.74, 6) is -1.82. The number of carbonyl (C=O) groups excluding carboxylic acids is 1.